The Balaban J connectivity index is 1.36. The molecule has 1 aromatic carbocycles. The molecule has 3 aromatic rings. The predicted molar refractivity (Wildman–Crippen MR) is 100 cm³/mol. The van der Waals surface area contributed by atoms with Crippen LogP contribution in [0.4, 0.5) is 0 Å². The minimum atomic E-state index is -0.143. The van der Waals surface area contributed by atoms with Gasteiger partial charge in [-0.15, -0.1) is 0 Å². The summed E-state index contributed by atoms with van der Waals surface area (Å²) in [4.78, 5) is 23.1. The lowest BCUT2D eigenvalue weighted by molar-refractivity contribution is -0.906. The molecule has 26 heavy (non-hydrogen) atoms. The molecule has 0 unspecified atom stereocenters. The second-order valence-electron chi connectivity index (χ2n) is 7.31. The van der Waals surface area contributed by atoms with Gasteiger partial charge in [-0.25, -0.2) is 9.97 Å². The fraction of sp³-hybridized carbons (Fsp3) is 0.450. The minimum absolute atomic E-state index is 0.143. The first-order valence-electron chi connectivity index (χ1n) is 9.46. The zero-order valence-corrected chi connectivity index (χ0v) is 15.1. The van der Waals surface area contributed by atoms with Crippen LogP contribution in [0.1, 0.15) is 36.5 Å². The van der Waals surface area contributed by atoms with Gasteiger partial charge in [0.2, 0.25) is 5.71 Å². The normalized spacial score (nSPS) is 20.5. The van der Waals surface area contributed by atoms with Crippen molar-refractivity contribution in [2.45, 2.75) is 26.2 Å². The smallest absolute Gasteiger partial charge is 0.256 e. The third kappa shape index (κ3) is 3.55. The number of rotatable bonds is 5. The van der Waals surface area contributed by atoms with Crippen LogP contribution in [-0.2, 0) is 0 Å². The Labute approximate surface area is 152 Å². The van der Waals surface area contributed by atoms with E-state index in [-0.39, 0.29) is 5.91 Å². The Bertz CT molecular complexity index is 912. The van der Waals surface area contributed by atoms with E-state index in [1.54, 1.807) is 4.90 Å². The summed E-state index contributed by atoms with van der Waals surface area (Å²) in [5.74, 6) is 0.723. The van der Waals surface area contributed by atoms with Gasteiger partial charge in [0, 0.05) is 13.0 Å². The molecule has 0 aliphatic carbocycles. The molecular formula is C20H25N4O2+. The van der Waals surface area contributed by atoms with Crippen molar-refractivity contribution in [3.8, 4) is 0 Å². The lowest BCUT2D eigenvalue weighted by Gasteiger charge is -2.27. The van der Waals surface area contributed by atoms with Crippen LogP contribution in [0, 0.1) is 5.92 Å². The molecule has 1 saturated heterocycles. The molecule has 2 N–H and O–H groups in total. The van der Waals surface area contributed by atoms with Crippen LogP contribution in [0.5, 0.6) is 0 Å². The first-order valence-corrected chi connectivity index (χ1v) is 9.46. The highest BCUT2D eigenvalue weighted by molar-refractivity contribution is 6.04. The van der Waals surface area contributed by atoms with Gasteiger partial charge in [0.05, 0.1) is 30.7 Å². The molecule has 0 saturated carbocycles. The number of aromatic nitrogens is 2. The lowest BCUT2D eigenvalue weighted by atomic mass is 9.99. The maximum atomic E-state index is 12.5. The quantitative estimate of drug-likeness (QED) is 0.686. The maximum Gasteiger partial charge on any atom is 0.256 e. The Morgan fingerprint density at radius 2 is 1.96 bits per heavy atom. The number of carbonyl (C=O) groups excluding carboxylic acids is 1. The van der Waals surface area contributed by atoms with Crippen molar-refractivity contribution in [2.75, 3.05) is 26.2 Å². The number of para-hydroxylation sites is 2. The fourth-order valence-electron chi connectivity index (χ4n) is 3.63. The summed E-state index contributed by atoms with van der Waals surface area (Å²) < 4.78 is 5.45. The Hall–Kier alpha value is -2.47. The molecule has 2 aromatic heterocycles. The van der Waals surface area contributed by atoms with E-state index in [0.717, 1.165) is 29.9 Å². The SMILES string of the molecule is CC1CC[NH+](CCCNC(=O)c2coc3nc4ccccc4nc23)CC1. The molecule has 0 atom stereocenters. The molecule has 1 aliphatic rings. The number of amides is 1. The molecule has 6 nitrogen and oxygen atoms in total. The lowest BCUT2D eigenvalue weighted by Crippen LogP contribution is -3.13. The summed E-state index contributed by atoms with van der Waals surface area (Å²) in [5.41, 5.74) is 2.91. The minimum Gasteiger partial charge on any atom is -0.444 e. The number of fused-ring (bicyclic) bond motifs is 2. The summed E-state index contributed by atoms with van der Waals surface area (Å²) >= 11 is 0. The average Bonchev–Trinajstić information content (AvgIpc) is 3.07. The Morgan fingerprint density at radius 1 is 1.23 bits per heavy atom. The van der Waals surface area contributed by atoms with Crippen molar-refractivity contribution >= 4 is 28.2 Å². The molecule has 4 rings (SSSR count). The molecule has 0 spiro atoms. The molecule has 1 fully saturated rings. The Morgan fingerprint density at radius 3 is 2.73 bits per heavy atom. The number of benzene rings is 1. The van der Waals surface area contributed by atoms with E-state index in [2.05, 4.69) is 22.2 Å². The molecule has 136 valence electrons. The number of likely N-dealkylation sites (tertiary alicyclic amines) is 1. The number of hydrogen-bond acceptors (Lipinski definition) is 4. The van der Waals surface area contributed by atoms with E-state index in [0.29, 0.717) is 23.3 Å². The van der Waals surface area contributed by atoms with Crippen LogP contribution in [0.3, 0.4) is 0 Å². The largest absolute Gasteiger partial charge is 0.444 e. The molecule has 6 heteroatoms. The van der Waals surface area contributed by atoms with Crippen molar-refractivity contribution in [2.24, 2.45) is 5.92 Å². The van der Waals surface area contributed by atoms with Gasteiger partial charge in [-0.2, -0.15) is 0 Å². The van der Waals surface area contributed by atoms with Gasteiger partial charge in [-0.1, -0.05) is 19.1 Å². The van der Waals surface area contributed by atoms with Gasteiger partial charge in [-0.05, 0) is 30.9 Å². The van der Waals surface area contributed by atoms with Crippen molar-refractivity contribution in [3.63, 3.8) is 0 Å². The first kappa shape index (κ1) is 17.0. The number of nitrogens with one attached hydrogen (secondary N) is 2. The van der Waals surface area contributed by atoms with Crippen molar-refractivity contribution in [3.05, 3.63) is 36.1 Å². The second-order valence-corrected chi connectivity index (χ2v) is 7.31. The summed E-state index contributed by atoms with van der Waals surface area (Å²) in [6.07, 6.45) is 5.07. The van der Waals surface area contributed by atoms with Gasteiger partial charge in [0.15, 0.2) is 0 Å². The fourth-order valence-corrected chi connectivity index (χ4v) is 3.63. The van der Waals surface area contributed by atoms with E-state index in [1.807, 2.05) is 24.3 Å². The van der Waals surface area contributed by atoms with Crippen LogP contribution >= 0.6 is 0 Å². The molecule has 3 heterocycles. The van der Waals surface area contributed by atoms with E-state index in [4.69, 9.17) is 4.42 Å². The number of hydrogen-bond donors (Lipinski definition) is 2. The number of furan rings is 1. The Kier molecular flexibility index (Phi) is 4.84. The molecule has 0 radical (unpaired) electrons. The number of quaternary nitrogens is 1. The van der Waals surface area contributed by atoms with Crippen molar-refractivity contribution in [1.82, 2.24) is 15.3 Å². The summed E-state index contributed by atoms with van der Waals surface area (Å²) in [7, 11) is 0. The zero-order chi connectivity index (χ0) is 17.9. The average molecular weight is 353 g/mol. The number of piperidine rings is 1. The van der Waals surface area contributed by atoms with Gasteiger partial charge in [-0.3, -0.25) is 4.79 Å². The summed E-state index contributed by atoms with van der Waals surface area (Å²) in [6, 6.07) is 7.59. The van der Waals surface area contributed by atoms with Crippen molar-refractivity contribution < 1.29 is 14.1 Å². The van der Waals surface area contributed by atoms with Gasteiger partial charge >= 0.3 is 0 Å². The van der Waals surface area contributed by atoms with Crippen molar-refractivity contribution in [1.29, 1.82) is 0 Å². The first-order chi connectivity index (χ1) is 12.7. The van der Waals surface area contributed by atoms with E-state index in [9.17, 15) is 4.79 Å². The standard InChI is InChI=1S/C20H24N4O2/c1-14-7-11-24(12-8-14)10-4-9-21-19(25)15-13-26-20-18(15)22-16-5-2-3-6-17(16)23-20/h2-3,5-6,13-14H,4,7-12H2,1H3,(H,21,25)/p+1. The highest BCUT2D eigenvalue weighted by Gasteiger charge is 2.19. The van der Waals surface area contributed by atoms with Gasteiger partial charge in [0.1, 0.15) is 17.3 Å². The van der Waals surface area contributed by atoms with Crippen LogP contribution in [0.15, 0.2) is 34.9 Å². The zero-order valence-electron chi connectivity index (χ0n) is 15.1. The second kappa shape index (κ2) is 7.41. The van der Waals surface area contributed by atoms with Crippen LogP contribution in [0.25, 0.3) is 22.3 Å². The van der Waals surface area contributed by atoms with E-state index in [1.165, 1.54) is 32.2 Å². The summed E-state index contributed by atoms with van der Waals surface area (Å²) in [5, 5.41) is 2.99. The predicted octanol–water partition coefficient (Wildman–Crippen LogP) is 1.81. The van der Waals surface area contributed by atoms with Gasteiger partial charge in [0.25, 0.3) is 5.91 Å². The summed E-state index contributed by atoms with van der Waals surface area (Å²) in [6.45, 7) is 6.63. The van der Waals surface area contributed by atoms with Crippen LogP contribution in [0.2, 0.25) is 0 Å². The third-order valence-electron chi connectivity index (χ3n) is 5.30. The third-order valence-corrected chi connectivity index (χ3v) is 5.30. The molecule has 0 bridgehead atoms. The van der Waals surface area contributed by atoms with E-state index >= 15 is 0 Å². The van der Waals surface area contributed by atoms with Crippen LogP contribution in [-0.4, -0.2) is 42.1 Å². The monoisotopic (exact) mass is 353 g/mol. The molecule has 1 aliphatic heterocycles. The van der Waals surface area contributed by atoms with Gasteiger partial charge < -0.3 is 14.6 Å². The highest BCUT2D eigenvalue weighted by atomic mass is 16.3. The molecular weight excluding hydrogens is 328 g/mol. The maximum absolute atomic E-state index is 12.5. The molecule has 1 amide bonds. The topological polar surface area (TPSA) is 72.5 Å². The van der Waals surface area contributed by atoms with Crippen LogP contribution < -0.4 is 10.2 Å². The number of nitrogens with zero attached hydrogens (tertiary/aromatic N) is 2. The van der Waals surface area contributed by atoms with E-state index < -0.39 is 0 Å². The number of carbonyl (C=O) groups is 1. The highest BCUT2D eigenvalue weighted by Crippen LogP contribution is 2.20.